The Morgan fingerprint density at radius 3 is 2.61 bits per heavy atom. The Kier molecular flexibility index (Phi) is 5.08. The fourth-order valence-corrected chi connectivity index (χ4v) is 2.26. The molecule has 1 heterocycles. The molecule has 6 nitrogen and oxygen atoms in total. The van der Waals surface area contributed by atoms with E-state index in [-0.39, 0.29) is 18.6 Å². The van der Waals surface area contributed by atoms with Crippen LogP contribution in [-0.4, -0.2) is 30.0 Å². The lowest BCUT2D eigenvalue weighted by atomic mass is 10.1. The lowest BCUT2D eigenvalue weighted by molar-refractivity contribution is 0.0526. The quantitative estimate of drug-likeness (QED) is 0.823. The first-order valence-corrected chi connectivity index (χ1v) is 6.44. The second kappa shape index (κ2) is 6.34. The van der Waals surface area contributed by atoms with E-state index in [1.165, 1.54) is 7.05 Å². The Bertz CT molecular complexity index is 443. The van der Waals surface area contributed by atoms with Gasteiger partial charge in [-0.2, -0.15) is 4.37 Å². The number of ether oxygens (including phenoxy) is 1. The van der Waals surface area contributed by atoms with Gasteiger partial charge in [-0.25, -0.2) is 9.59 Å². The van der Waals surface area contributed by atoms with E-state index in [0.29, 0.717) is 16.3 Å². The highest BCUT2D eigenvalue weighted by atomic mass is 32.1. The average molecular weight is 271 g/mol. The standard InChI is InChI=1S/C11H17N3O3S/c1-5-17-10(15)7-8(6(2)3)14-18-9(7)13-11(16)12-4/h6H,5H2,1-4H3,(H2,12,13,16). The van der Waals surface area contributed by atoms with E-state index in [1.54, 1.807) is 6.92 Å². The van der Waals surface area contributed by atoms with Crippen LogP contribution in [0.2, 0.25) is 0 Å². The molecule has 0 saturated heterocycles. The van der Waals surface area contributed by atoms with E-state index in [9.17, 15) is 9.59 Å². The molecular weight excluding hydrogens is 254 g/mol. The first-order chi connectivity index (χ1) is 8.51. The first-order valence-electron chi connectivity index (χ1n) is 5.66. The molecule has 1 rings (SSSR count). The molecule has 0 radical (unpaired) electrons. The SMILES string of the molecule is CCOC(=O)c1c(C(C)C)nsc1NC(=O)NC. The summed E-state index contributed by atoms with van der Waals surface area (Å²) >= 11 is 1.08. The second-order valence-electron chi connectivity index (χ2n) is 3.85. The van der Waals surface area contributed by atoms with E-state index in [2.05, 4.69) is 15.0 Å². The van der Waals surface area contributed by atoms with Crippen LogP contribution in [0, 0.1) is 0 Å². The molecule has 18 heavy (non-hydrogen) atoms. The summed E-state index contributed by atoms with van der Waals surface area (Å²) in [6, 6.07) is -0.389. The molecule has 0 unspecified atom stereocenters. The van der Waals surface area contributed by atoms with E-state index in [4.69, 9.17) is 4.74 Å². The number of carbonyl (C=O) groups excluding carboxylic acids is 2. The molecular formula is C11H17N3O3S. The number of anilines is 1. The number of carbonyl (C=O) groups is 2. The number of hydrogen-bond acceptors (Lipinski definition) is 5. The van der Waals surface area contributed by atoms with Gasteiger partial charge in [-0.15, -0.1) is 0 Å². The molecule has 0 aliphatic carbocycles. The Morgan fingerprint density at radius 1 is 1.44 bits per heavy atom. The monoisotopic (exact) mass is 271 g/mol. The fourth-order valence-electron chi connectivity index (χ4n) is 1.35. The molecule has 1 aromatic rings. The van der Waals surface area contributed by atoms with Crippen molar-refractivity contribution in [3.05, 3.63) is 11.3 Å². The molecule has 0 fully saturated rings. The zero-order valence-corrected chi connectivity index (χ0v) is 11.7. The topological polar surface area (TPSA) is 80.3 Å². The minimum absolute atomic E-state index is 0.0842. The highest BCUT2D eigenvalue weighted by molar-refractivity contribution is 7.11. The summed E-state index contributed by atoms with van der Waals surface area (Å²) in [5.74, 6) is -0.373. The van der Waals surface area contributed by atoms with E-state index >= 15 is 0 Å². The Balaban J connectivity index is 3.10. The molecule has 1 aromatic heterocycles. The zero-order valence-electron chi connectivity index (χ0n) is 10.9. The zero-order chi connectivity index (χ0) is 13.7. The largest absolute Gasteiger partial charge is 0.462 e. The molecule has 0 bridgehead atoms. The number of nitrogens with zero attached hydrogens (tertiary/aromatic N) is 1. The van der Waals surface area contributed by atoms with Gasteiger partial charge in [0.1, 0.15) is 10.6 Å². The van der Waals surface area contributed by atoms with Gasteiger partial charge in [-0.3, -0.25) is 5.32 Å². The summed E-state index contributed by atoms with van der Waals surface area (Å²) in [5.41, 5.74) is 0.991. The molecule has 2 amide bonds. The molecule has 100 valence electrons. The van der Waals surface area contributed by atoms with Crippen LogP contribution in [0.15, 0.2) is 0 Å². The van der Waals surface area contributed by atoms with Crippen molar-refractivity contribution in [3.63, 3.8) is 0 Å². The summed E-state index contributed by atoms with van der Waals surface area (Å²) < 4.78 is 9.19. The molecule has 0 atom stereocenters. The van der Waals surface area contributed by atoms with Crippen molar-refractivity contribution in [1.29, 1.82) is 0 Å². The molecule has 0 aromatic carbocycles. The maximum atomic E-state index is 11.9. The Morgan fingerprint density at radius 2 is 2.11 bits per heavy atom. The molecule has 0 aliphatic heterocycles. The summed E-state index contributed by atoms with van der Waals surface area (Å²) in [7, 11) is 1.50. The number of aromatic nitrogens is 1. The van der Waals surface area contributed by atoms with E-state index < -0.39 is 5.97 Å². The third-order valence-corrected chi connectivity index (χ3v) is 2.98. The van der Waals surface area contributed by atoms with Gasteiger partial charge in [0.25, 0.3) is 0 Å². The average Bonchev–Trinajstić information content (AvgIpc) is 2.73. The number of nitrogens with one attached hydrogen (secondary N) is 2. The second-order valence-corrected chi connectivity index (χ2v) is 4.62. The Labute approximate surface area is 110 Å². The van der Waals surface area contributed by atoms with Crippen LogP contribution in [0.1, 0.15) is 42.7 Å². The number of urea groups is 1. The summed E-state index contributed by atoms with van der Waals surface area (Å²) in [6.45, 7) is 5.88. The van der Waals surface area contributed by atoms with Crippen LogP contribution in [0.4, 0.5) is 9.80 Å². The predicted octanol–water partition coefficient (Wildman–Crippen LogP) is 2.19. The summed E-state index contributed by atoms with van der Waals surface area (Å²) in [6.07, 6.45) is 0. The minimum Gasteiger partial charge on any atom is -0.462 e. The number of esters is 1. The molecule has 0 spiro atoms. The molecule has 2 N–H and O–H groups in total. The highest BCUT2D eigenvalue weighted by Crippen LogP contribution is 2.30. The van der Waals surface area contributed by atoms with Crippen molar-refractivity contribution in [2.45, 2.75) is 26.7 Å². The number of hydrogen-bond donors (Lipinski definition) is 2. The molecule has 0 aliphatic rings. The third kappa shape index (κ3) is 3.19. The number of amides is 2. The maximum Gasteiger partial charge on any atom is 0.343 e. The van der Waals surface area contributed by atoms with Gasteiger partial charge in [0.15, 0.2) is 0 Å². The maximum absolute atomic E-state index is 11.9. The van der Waals surface area contributed by atoms with Crippen molar-refractivity contribution < 1.29 is 14.3 Å². The molecule has 0 saturated carbocycles. The van der Waals surface area contributed by atoms with Gasteiger partial charge in [0.05, 0.1) is 12.3 Å². The van der Waals surface area contributed by atoms with Gasteiger partial charge >= 0.3 is 12.0 Å². The van der Waals surface area contributed by atoms with Crippen LogP contribution in [0.5, 0.6) is 0 Å². The smallest absolute Gasteiger partial charge is 0.343 e. The van der Waals surface area contributed by atoms with Gasteiger partial charge in [0, 0.05) is 7.05 Å². The van der Waals surface area contributed by atoms with Gasteiger partial charge in [0.2, 0.25) is 0 Å². The summed E-state index contributed by atoms with van der Waals surface area (Å²) in [4.78, 5) is 23.2. The van der Waals surface area contributed by atoms with Crippen LogP contribution < -0.4 is 10.6 Å². The minimum atomic E-state index is -0.457. The number of rotatable bonds is 4. The van der Waals surface area contributed by atoms with Crippen molar-refractivity contribution in [2.75, 3.05) is 19.0 Å². The lowest BCUT2D eigenvalue weighted by Crippen LogP contribution is -2.25. The van der Waals surface area contributed by atoms with Gasteiger partial charge in [-0.1, -0.05) is 13.8 Å². The fraction of sp³-hybridized carbons (Fsp3) is 0.545. The van der Waals surface area contributed by atoms with Crippen LogP contribution in [0.3, 0.4) is 0 Å². The van der Waals surface area contributed by atoms with Crippen LogP contribution in [-0.2, 0) is 4.74 Å². The predicted molar refractivity (Wildman–Crippen MR) is 70.2 cm³/mol. The van der Waals surface area contributed by atoms with Crippen LogP contribution >= 0.6 is 11.5 Å². The lowest BCUT2D eigenvalue weighted by Gasteiger charge is -2.08. The van der Waals surface area contributed by atoms with Crippen molar-refractivity contribution in [2.24, 2.45) is 0 Å². The van der Waals surface area contributed by atoms with Crippen LogP contribution in [0.25, 0.3) is 0 Å². The van der Waals surface area contributed by atoms with Gasteiger partial charge in [-0.05, 0) is 24.4 Å². The van der Waals surface area contributed by atoms with Crippen molar-refractivity contribution >= 4 is 28.5 Å². The van der Waals surface area contributed by atoms with E-state index in [1.807, 2.05) is 13.8 Å². The third-order valence-electron chi connectivity index (χ3n) is 2.20. The highest BCUT2D eigenvalue weighted by Gasteiger charge is 2.24. The van der Waals surface area contributed by atoms with Crippen molar-refractivity contribution in [3.8, 4) is 0 Å². The summed E-state index contributed by atoms with van der Waals surface area (Å²) in [5, 5.41) is 5.42. The molecule has 7 heteroatoms. The Hall–Kier alpha value is -1.63. The first kappa shape index (κ1) is 14.4. The van der Waals surface area contributed by atoms with Gasteiger partial charge < -0.3 is 10.1 Å². The van der Waals surface area contributed by atoms with E-state index in [0.717, 1.165) is 11.5 Å². The van der Waals surface area contributed by atoms with Crippen molar-refractivity contribution in [1.82, 2.24) is 9.69 Å². The normalized spacial score (nSPS) is 10.3.